The molecule has 0 spiro atoms. The first-order valence-electron chi connectivity index (χ1n) is 28.1. The van der Waals surface area contributed by atoms with Crippen LogP contribution in [0.15, 0.2) is 194 Å². The van der Waals surface area contributed by atoms with Crippen LogP contribution in [0, 0.1) is 0 Å². The van der Waals surface area contributed by atoms with Crippen LogP contribution >= 0.6 is 0 Å². The van der Waals surface area contributed by atoms with Gasteiger partial charge in [0.2, 0.25) is 5.95 Å². The van der Waals surface area contributed by atoms with Gasteiger partial charge in [0.1, 0.15) is 11.6 Å². The van der Waals surface area contributed by atoms with Crippen LogP contribution in [-0.4, -0.2) is 47.2 Å². The number of rotatable bonds is 9. The van der Waals surface area contributed by atoms with Gasteiger partial charge in [-0.2, -0.15) is 9.97 Å². The molecule has 12 rings (SSSR count). The number of para-hydroxylation sites is 2. The summed E-state index contributed by atoms with van der Waals surface area (Å²) in [5.74, 6) is 2.63. The van der Waals surface area contributed by atoms with Gasteiger partial charge in [-0.05, 0) is 81.0 Å². The zero-order chi connectivity index (χ0) is 56.8. The normalized spacial score (nSPS) is 12.5. The zero-order valence-electron chi connectivity index (χ0n) is 48.6. The number of hydrogen-bond acceptors (Lipinski definition) is 6. The Morgan fingerprint density at radius 3 is 1.63 bits per heavy atom. The van der Waals surface area contributed by atoms with E-state index in [9.17, 15) is 5.11 Å². The minimum Gasteiger partial charge on any atom is -0.507 e. The van der Waals surface area contributed by atoms with E-state index in [4.69, 9.17) is 24.9 Å². The van der Waals surface area contributed by atoms with Gasteiger partial charge in [-0.25, -0.2) is 9.97 Å². The molecule has 0 aliphatic rings. The topological polar surface area (TPSA) is 94.5 Å². The van der Waals surface area contributed by atoms with E-state index in [0.717, 1.165) is 99.9 Å². The van der Waals surface area contributed by atoms with E-state index >= 15 is 0 Å². The lowest BCUT2D eigenvalue weighted by Gasteiger charge is -2.28. The lowest BCUT2D eigenvalue weighted by atomic mass is 9.79. The third-order valence-electron chi connectivity index (χ3n) is 15.8. The molecule has 8 nitrogen and oxygen atoms in total. The number of aromatic hydroxyl groups is 1. The molecule has 0 unspecified atom stereocenters. The molecule has 0 aliphatic carbocycles. The molecule has 8 aromatic carbocycles. The quantitative estimate of drug-likeness (QED) is 0.145. The Morgan fingerprint density at radius 2 is 1.01 bits per heavy atom. The van der Waals surface area contributed by atoms with E-state index in [2.05, 4.69) is 218 Å². The number of hydrogen-bond donors (Lipinski definition) is 1. The SMILES string of the molecule is CC(C)(C)c1cc(-c2cccc3c2nc(-c2cc(C(C)(C)C)cc(C(C)(C)C)c2O)n3-c2ccc([Si](C)(C)C)cc2-c2ccccc2)cc(-c2nccc3c2c2ccccc2n3-c2nc(-c3ccccc3)nc(-c3ccccc3)n2)c1. The first kappa shape index (κ1) is 52.9. The molecule has 0 bridgehead atoms. The lowest BCUT2D eigenvalue weighted by Crippen LogP contribution is -2.37. The van der Waals surface area contributed by atoms with Gasteiger partial charge in [-0.3, -0.25) is 14.1 Å². The average Bonchev–Trinajstić information content (AvgIpc) is 3.54. The highest BCUT2D eigenvalue weighted by molar-refractivity contribution is 6.88. The summed E-state index contributed by atoms with van der Waals surface area (Å²) in [7, 11) is -1.77. The highest BCUT2D eigenvalue weighted by Crippen LogP contribution is 2.47. The van der Waals surface area contributed by atoms with E-state index < -0.39 is 8.07 Å². The fourth-order valence-electron chi connectivity index (χ4n) is 11.2. The second-order valence-electron chi connectivity index (χ2n) is 25.7. The Morgan fingerprint density at radius 1 is 0.432 bits per heavy atom. The van der Waals surface area contributed by atoms with Gasteiger partial charge >= 0.3 is 0 Å². The van der Waals surface area contributed by atoms with Gasteiger partial charge in [-0.15, -0.1) is 0 Å². The highest BCUT2D eigenvalue weighted by atomic mass is 28.3. The first-order valence-corrected chi connectivity index (χ1v) is 31.6. The van der Waals surface area contributed by atoms with Gasteiger partial charge in [0.05, 0.1) is 47.1 Å². The van der Waals surface area contributed by atoms with E-state index in [1.807, 2.05) is 66.9 Å². The number of phenols is 1. The number of phenolic OH excluding ortho intramolecular Hbond substituents is 1. The molecular weight excluding hydrogens is 1010 g/mol. The van der Waals surface area contributed by atoms with E-state index in [0.29, 0.717) is 29.0 Å². The Kier molecular flexibility index (Phi) is 12.9. The van der Waals surface area contributed by atoms with Crippen molar-refractivity contribution in [1.29, 1.82) is 0 Å². The second kappa shape index (κ2) is 19.8. The second-order valence-corrected chi connectivity index (χ2v) is 30.8. The van der Waals surface area contributed by atoms with E-state index in [-0.39, 0.29) is 22.0 Å². The molecule has 0 saturated carbocycles. The zero-order valence-corrected chi connectivity index (χ0v) is 49.6. The van der Waals surface area contributed by atoms with Crippen molar-refractivity contribution >= 4 is 46.1 Å². The molecule has 0 atom stereocenters. The van der Waals surface area contributed by atoms with Crippen LogP contribution in [0.1, 0.15) is 79.0 Å². The largest absolute Gasteiger partial charge is 0.507 e. The monoisotopic (exact) mass is 1080 g/mol. The predicted octanol–water partition coefficient (Wildman–Crippen LogP) is 17.8. The van der Waals surface area contributed by atoms with Gasteiger partial charge in [0.25, 0.3) is 0 Å². The highest BCUT2D eigenvalue weighted by Gasteiger charge is 2.31. The Bertz CT molecular complexity index is 4320. The summed E-state index contributed by atoms with van der Waals surface area (Å²) in [6.45, 7) is 27.2. The maximum atomic E-state index is 12.8. The fraction of sp³-hybridized carbons (Fsp3) is 0.208. The maximum Gasteiger partial charge on any atom is 0.238 e. The molecule has 0 fully saturated rings. The predicted molar refractivity (Wildman–Crippen MR) is 340 cm³/mol. The van der Waals surface area contributed by atoms with Crippen molar-refractivity contribution in [2.45, 2.75) is 98.2 Å². The standard InChI is InChI=1S/C72H69N7OSi/c1-70(2,3)50-40-48(39-49(41-50)63-62-54-31-22-23-33-58(54)79(60(62)37-38-73-63)69-76-66(46-27-18-14-19-28-46)75-67(77-69)47-29-20-15-21-30-47)53-32-24-34-61-64(53)74-68(56-42-51(71(4,5)6)43-57(65(56)80)72(7,8)9)78(61)59-36-35-52(81(10,11)12)44-55(59)45-25-16-13-17-26-45/h13-44,80H,1-12H3. The van der Waals surface area contributed by atoms with Crippen molar-refractivity contribution in [2.75, 3.05) is 0 Å². The molecule has 12 aromatic rings. The summed E-state index contributed by atoms with van der Waals surface area (Å²) in [6.07, 6.45) is 1.91. The molecular formula is C72H69N7OSi. The number of benzene rings is 8. The van der Waals surface area contributed by atoms with Crippen LogP contribution in [0.2, 0.25) is 19.6 Å². The minimum absolute atomic E-state index is 0.215. The molecule has 402 valence electrons. The van der Waals surface area contributed by atoms with Gasteiger partial charge < -0.3 is 5.11 Å². The van der Waals surface area contributed by atoms with Crippen LogP contribution in [0.4, 0.5) is 0 Å². The number of fused-ring (bicyclic) bond motifs is 4. The van der Waals surface area contributed by atoms with Gasteiger partial charge in [-0.1, -0.05) is 233 Å². The number of imidazole rings is 1. The number of nitrogens with zero attached hydrogens (tertiary/aromatic N) is 7. The van der Waals surface area contributed by atoms with Crippen molar-refractivity contribution in [3.05, 3.63) is 211 Å². The molecule has 4 heterocycles. The van der Waals surface area contributed by atoms with Gasteiger partial charge in [0.15, 0.2) is 11.6 Å². The molecule has 0 saturated heterocycles. The maximum absolute atomic E-state index is 12.8. The van der Waals surface area contributed by atoms with Crippen LogP contribution in [0.5, 0.6) is 5.75 Å². The molecule has 0 aliphatic heterocycles. The molecule has 81 heavy (non-hydrogen) atoms. The van der Waals surface area contributed by atoms with Crippen molar-refractivity contribution in [2.24, 2.45) is 0 Å². The van der Waals surface area contributed by atoms with Crippen LogP contribution < -0.4 is 5.19 Å². The summed E-state index contributed by atoms with van der Waals surface area (Å²) in [5, 5.41) is 16.2. The molecule has 9 heteroatoms. The summed E-state index contributed by atoms with van der Waals surface area (Å²) in [6, 6.07) is 66.3. The molecule has 1 N–H and O–H groups in total. The Balaban J connectivity index is 1.13. The van der Waals surface area contributed by atoms with E-state index in [1.165, 1.54) is 5.19 Å². The smallest absolute Gasteiger partial charge is 0.238 e. The van der Waals surface area contributed by atoms with Crippen molar-refractivity contribution < 1.29 is 5.11 Å². The lowest BCUT2D eigenvalue weighted by molar-refractivity contribution is 0.446. The summed E-state index contributed by atoms with van der Waals surface area (Å²) in [4.78, 5) is 26.6. The summed E-state index contributed by atoms with van der Waals surface area (Å²) < 4.78 is 4.47. The summed E-state index contributed by atoms with van der Waals surface area (Å²) in [5.41, 5.74) is 15.6. The molecule has 4 aromatic heterocycles. The van der Waals surface area contributed by atoms with Crippen molar-refractivity contribution in [3.8, 4) is 85.1 Å². The number of aromatic nitrogens is 7. The Labute approximate surface area is 477 Å². The van der Waals surface area contributed by atoms with Crippen LogP contribution in [-0.2, 0) is 16.2 Å². The third-order valence-corrected chi connectivity index (χ3v) is 17.8. The fourth-order valence-corrected chi connectivity index (χ4v) is 12.4. The van der Waals surface area contributed by atoms with Crippen LogP contribution in [0.3, 0.4) is 0 Å². The first-order chi connectivity index (χ1) is 38.6. The van der Waals surface area contributed by atoms with Crippen LogP contribution in [0.25, 0.3) is 112 Å². The Hall–Kier alpha value is -8.79. The van der Waals surface area contributed by atoms with Gasteiger partial charge in [0, 0.05) is 50.4 Å². The number of pyridine rings is 1. The average molecular weight is 1080 g/mol. The van der Waals surface area contributed by atoms with Crippen molar-refractivity contribution in [1.82, 2.24) is 34.1 Å². The minimum atomic E-state index is -1.77. The van der Waals surface area contributed by atoms with Crippen molar-refractivity contribution in [3.63, 3.8) is 0 Å². The van der Waals surface area contributed by atoms with E-state index in [1.54, 1.807) is 0 Å². The molecule has 0 radical (unpaired) electrons. The third kappa shape index (κ3) is 9.73. The summed E-state index contributed by atoms with van der Waals surface area (Å²) >= 11 is 0. The molecule has 0 amide bonds.